The van der Waals surface area contributed by atoms with Crippen molar-refractivity contribution in [2.24, 2.45) is 0 Å². The van der Waals surface area contributed by atoms with Crippen molar-refractivity contribution in [1.82, 2.24) is 4.98 Å². The average Bonchev–Trinajstić information content (AvgIpc) is 2.34. The molecule has 0 fully saturated rings. The molecule has 17 heavy (non-hydrogen) atoms. The Labute approximate surface area is 101 Å². The second kappa shape index (κ2) is 4.50. The average molecular weight is 225 g/mol. The molecule has 0 radical (unpaired) electrons. The molecule has 0 atom stereocenters. The monoisotopic (exact) mass is 225 g/mol. The quantitative estimate of drug-likeness (QED) is 0.734. The van der Waals surface area contributed by atoms with Gasteiger partial charge in [0.25, 0.3) is 0 Å². The summed E-state index contributed by atoms with van der Waals surface area (Å²) >= 11 is 0. The fraction of sp³-hybridized carbons (Fsp3) is 0.200. The summed E-state index contributed by atoms with van der Waals surface area (Å²) in [6.45, 7) is 6.05. The summed E-state index contributed by atoms with van der Waals surface area (Å²) < 4.78 is 0. The Morgan fingerprint density at radius 1 is 1.06 bits per heavy atom. The van der Waals surface area contributed by atoms with Gasteiger partial charge in [-0.25, -0.2) is 0 Å². The molecule has 0 unspecified atom stereocenters. The number of carbonyl (C=O) groups excluding carboxylic acids is 1. The number of aryl methyl sites for hydroxylation is 3. The lowest BCUT2D eigenvalue weighted by Crippen LogP contribution is -2.05. The van der Waals surface area contributed by atoms with Crippen LogP contribution in [0.4, 0.5) is 0 Å². The van der Waals surface area contributed by atoms with E-state index in [1.54, 1.807) is 24.5 Å². The van der Waals surface area contributed by atoms with Gasteiger partial charge in [0, 0.05) is 23.5 Å². The number of nitrogens with zero attached hydrogens (tertiary/aromatic N) is 1. The maximum absolute atomic E-state index is 12.3. The summed E-state index contributed by atoms with van der Waals surface area (Å²) in [7, 11) is 0. The van der Waals surface area contributed by atoms with Gasteiger partial charge >= 0.3 is 0 Å². The van der Waals surface area contributed by atoms with Crippen LogP contribution in [0.3, 0.4) is 0 Å². The first-order valence-corrected chi connectivity index (χ1v) is 5.62. The molecule has 1 heterocycles. The van der Waals surface area contributed by atoms with Gasteiger partial charge in [-0.05, 0) is 55.7 Å². The molecule has 0 aliphatic carbocycles. The van der Waals surface area contributed by atoms with E-state index in [2.05, 4.69) is 18.0 Å². The zero-order valence-electron chi connectivity index (χ0n) is 10.3. The molecule has 0 amide bonds. The Hall–Kier alpha value is -1.96. The second-order valence-electron chi connectivity index (χ2n) is 4.32. The maximum atomic E-state index is 12.3. The van der Waals surface area contributed by atoms with Crippen LogP contribution in [-0.4, -0.2) is 10.8 Å². The molecule has 1 aromatic heterocycles. The predicted octanol–water partition coefficient (Wildman–Crippen LogP) is 3.24. The van der Waals surface area contributed by atoms with Crippen molar-refractivity contribution in [2.45, 2.75) is 20.8 Å². The lowest BCUT2D eigenvalue weighted by molar-refractivity contribution is 0.103. The minimum atomic E-state index is 0.0405. The van der Waals surface area contributed by atoms with E-state index < -0.39 is 0 Å². The van der Waals surface area contributed by atoms with E-state index in [4.69, 9.17) is 0 Å². The Balaban J connectivity index is 2.48. The Morgan fingerprint density at radius 3 is 2.41 bits per heavy atom. The SMILES string of the molecule is Cc1cc(C)c(C(=O)c2cccnc2)cc1C. The van der Waals surface area contributed by atoms with Crippen molar-refractivity contribution in [3.8, 4) is 0 Å². The number of rotatable bonds is 2. The molecular formula is C15H15NO. The van der Waals surface area contributed by atoms with E-state index in [0.29, 0.717) is 5.56 Å². The number of carbonyl (C=O) groups is 1. The first-order valence-electron chi connectivity index (χ1n) is 5.62. The van der Waals surface area contributed by atoms with E-state index >= 15 is 0 Å². The van der Waals surface area contributed by atoms with E-state index in [-0.39, 0.29) is 5.78 Å². The molecule has 0 saturated carbocycles. The van der Waals surface area contributed by atoms with Gasteiger partial charge in [-0.2, -0.15) is 0 Å². The Morgan fingerprint density at radius 2 is 1.76 bits per heavy atom. The van der Waals surface area contributed by atoms with Crippen molar-refractivity contribution in [2.75, 3.05) is 0 Å². The van der Waals surface area contributed by atoms with Gasteiger partial charge in [-0.1, -0.05) is 6.07 Å². The van der Waals surface area contributed by atoms with Crippen LogP contribution >= 0.6 is 0 Å². The number of ketones is 1. The maximum Gasteiger partial charge on any atom is 0.194 e. The normalized spacial score (nSPS) is 10.3. The van der Waals surface area contributed by atoms with Crippen LogP contribution in [0.15, 0.2) is 36.7 Å². The summed E-state index contributed by atoms with van der Waals surface area (Å²) in [6.07, 6.45) is 3.28. The molecule has 0 saturated heterocycles. The summed E-state index contributed by atoms with van der Waals surface area (Å²) in [6, 6.07) is 7.59. The van der Waals surface area contributed by atoms with Gasteiger partial charge in [-0.15, -0.1) is 0 Å². The van der Waals surface area contributed by atoms with E-state index in [1.165, 1.54) is 5.56 Å². The highest BCUT2D eigenvalue weighted by Crippen LogP contribution is 2.18. The largest absolute Gasteiger partial charge is 0.289 e. The summed E-state index contributed by atoms with van der Waals surface area (Å²) in [5, 5.41) is 0. The molecule has 2 heteroatoms. The third kappa shape index (κ3) is 2.26. The molecule has 0 bridgehead atoms. The van der Waals surface area contributed by atoms with Gasteiger partial charge in [0.15, 0.2) is 5.78 Å². The summed E-state index contributed by atoms with van der Waals surface area (Å²) in [5.74, 6) is 0.0405. The molecule has 0 spiro atoms. The third-order valence-electron chi connectivity index (χ3n) is 3.01. The minimum Gasteiger partial charge on any atom is -0.289 e. The fourth-order valence-electron chi connectivity index (χ4n) is 1.86. The molecule has 0 aliphatic heterocycles. The standard InChI is InChI=1S/C15H15NO/c1-10-7-12(3)14(8-11(10)2)15(17)13-5-4-6-16-9-13/h4-9H,1-3H3. The van der Waals surface area contributed by atoms with Crippen LogP contribution in [-0.2, 0) is 0 Å². The topological polar surface area (TPSA) is 30.0 Å². The van der Waals surface area contributed by atoms with Gasteiger partial charge in [0.1, 0.15) is 0 Å². The van der Waals surface area contributed by atoms with Crippen LogP contribution < -0.4 is 0 Å². The van der Waals surface area contributed by atoms with Crippen molar-refractivity contribution in [3.05, 3.63) is 64.5 Å². The van der Waals surface area contributed by atoms with Gasteiger partial charge in [0.2, 0.25) is 0 Å². The Bertz CT molecular complexity index is 559. The van der Waals surface area contributed by atoms with Crippen LogP contribution in [0.2, 0.25) is 0 Å². The first kappa shape index (κ1) is 11.5. The molecular weight excluding hydrogens is 210 g/mol. The van der Waals surface area contributed by atoms with Gasteiger partial charge < -0.3 is 0 Å². The van der Waals surface area contributed by atoms with Gasteiger partial charge in [0.05, 0.1) is 0 Å². The molecule has 0 aliphatic rings. The fourth-order valence-corrected chi connectivity index (χ4v) is 1.86. The lowest BCUT2D eigenvalue weighted by atomic mass is 9.95. The third-order valence-corrected chi connectivity index (χ3v) is 3.01. The summed E-state index contributed by atoms with van der Waals surface area (Å²) in [5.41, 5.74) is 4.77. The molecule has 1 aromatic carbocycles. The predicted molar refractivity (Wildman–Crippen MR) is 68.3 cm³/mol. The minimum absolute atomic E-state index is 0.0405. The number of hydrogen-bond acceptors (Lipinski definition) is 2. The molecule has 2 nitrogen and oxygen atoms in total. The van der Waals surface area contributed by atoms with Crippen LogP contribution in [0.5, 0.6) is 0 Å². The zero-order valence-corrected chi connectivity index (χ0v) is 10.3. The zero-order chi connectivity index (χ0) is 12.4. The van der Waals surface area contributed by atoms with E-state index in [1.807, 2.05) is 19.9 Å². The molecule has 2 aromatic rings. The molecule has 0 N–H and O–H groups in total. The van der Waals surface area contributed by atoms with E-state index in [9.17, 15) is 4.79 Å². The highest BCUT2D eigenvalue weighted by molar-refractivity contribution is 6.09. The Kier molecular flexibility index (Phi) is 3.05. The van der Waals surface area contributed by atoms with Crippen molar-refractivity contribution in [3.63, 3.8) is 0 Å². The van der Waals surface area contributed by atoms with Crippen LogP contribution in [0, 0.1) is 20.8 Å². The van der Waals surface area contributed by atoms with Crippen molar-refractivity contribution >= 4 is 5.78 Å². The van der Waals surface area contributed by atoms with Crippen molar-refractivity contribution < 1.29 is 4.79 Å². The van der Waals surface area contributed by atoms with Gasteiger partial charge in [-0.3, -0.25) is 9.78 Å². The lowest BCUT2D eigenvalue weighted by Gasteiger charge is -2.08. The highest BCUT2D eigenvalue weighted by Gasteiger charge is 2.12. The highest BCUT2D eigenvalue weighted by atomic mass is 16.1. The number of hydrogen-bond donors (Lipinski definition) is 0. The second-order valence-corrected chi connectivity index (χ2v) is 4.32. The number of pyridine rings is 1. The van der Waals surface area contributed by atoms with Crippen molar-refractivity contribution in [1.29, 1.82) is 0 Å². The van der Waals surface area contributed by atoms with E-state index in [0.717, 1.165) is 16.7 Å². The first-order chi connectivity index (χ1) is 8.09. The van der Waals surface area contributed by atoms with Crippen LogP contribution in [0.1, 0.15) is 32.6 Å². The smallest absolute Gasteiger partial charge is 0.194 e. The molecule has 86 valence electrons. The number of benzene rings is 1. The van der Waals surface area contributed by atoms with Crippen LogP contribution in [0.25, 0.3) is 0 Å². The molecule has 2 rings (SSSR count). The number of aromatic nitrogens is 1. The summed E-state index contributed by atoms with van der Waals surface area (Å²) in [4.78, 5) is 16.3.